The van der Waals surface area contributed by atoms with Crippen molar-refractivity contribution in [2.24, 2.45) is 0 Å². The average molecular weight is 264 g/mol. The molecule has 0 saturated heterocycles. The normalized spacial score (nSPS) is 26.4. The van der Waals surface area contributed by atoms with Crippen molar-refractivity contribution >= 4 is 11.9 Å². The number of aliphatic carboxylic acids is 2. The van der Waals surface area contributed by atoms with Gasteiger partial charge in [-0.3, -0.25) is 0 Å². The Hall–Kier alpha value is -1.22. The Kier molecular flexibility index (Phi) is 7.44. The van der Waals surface area contributed by atoms with E-state index >= 15 is 0 Å². The summed E-state index contributed by atoms with van der Waals surface area (Å²) < 4.78 is 0. The lowest BCUT2D eigenvalue weighted by Crippen LogP contribution is -2.80. The van der Waals surface area contributed by atoms with Crippen molar-refractivity contribution in [3.8, 4) is 0 Å². The van der Waals surface area contributed by atoms with Gasteiger partial charge in [0.2, 0.25) is 0 Å². The van der Waals surface area contributed by atoms with Gasteiger partial charge in [0.25, 0.3) is 0 Å². The van der Waals surface area contributed by atoms with Crippen LogP contribution in [0.2, 0.25) is 0 Å². The molecule has 4 atom stereocenters. The number of carboxylic acids is 2. The van der Waals surface area contributed by atoms with Crippen LogP contribution in [0.25, 0.3) is 0 Å². The molecule has 4 unspecified atom stereocenters. The van der Waals surface area contributed by atoms with Crippen molar-refractivity contribution < 1.29 is 41.5 Å². The van der Waals surface area contributed by atoms with Crippen LogP contribution in [0.5, 0.6) is 0 Å². The van der Waals surface area contributed by atoms with Crippen molar-refractivity contribution in [1.82, 2.24) is 0 Å². The molecule has 1 saturated carbocycles. The van der Waals surface area contributed by atoms with Gasteiger partial charge in [-0.05, 0) is 12.8 Å². The number of aliphatic hydroxyl groups is 2. The zero-order valence-corrected chi connectivity index (χ0v) is 10.1. The van der Waals surface area contributed by atoms with Gasteiger partial charge in [0.15, 0.2) is 0 Å². The number of carbonyl (C=O) groups is 2. The SMILES string of the molecule is O=C([O-])C(O)C(O)C(=O)[O-].[NH3+]C1CCCCC1[NH3+]. The fraction of sp³-hybridized carbons (Fsp3) is 0.800. The Morgan fingerprint density at radius 2 is 1.22 bits per heavy atom. The van der Waals surface area contributed by atoms with Crippen LogP contribution in [0.4, 0.5) is 0 Å². The summed E-state index contributed by atoms with van der Waals surface area (Å²) in [6.07, 6.45) is 0.470. The Balaban J connectivity index is 0.000000327. The molecule has 0 aromatic heterocycles. The van der Waals surface area contributed by atoms with Gasteiger partial charge in [-0.2, -0.15) is 0 Å². The molecule has 1 fully saturated rings. The van der Waals surface area contributed by atoms with Gasteiger partial charge in [-0.15, -0.1) is 0 Å². The van der Waals surface area contributed by atoms with Gasteiger partial charge in [-0.1, -0.05) is 0 Å². The Labute approximate surface area is 104 Å². The fourth-order valence-corrected chi connectivity index (χ4v) is 1.54. The Morgan fingerprint density at radius 3 is 1.39 bits per heavy atom. The van der Waals surface area contributed by atoms with E-state index in [1.807, 2.05) is 0 Å². The van der Waals surface area contributed by atoms with Crippen LogP contribution in [0, 0.1) is 0 Å². The topological polar surface area (TPSA) is 176 Å². The highest BCUT2D eigenvalue weighted by molar-refractivity contribution is 5.80. The molecule has 0 aromatic rings. The third-order valence-electron chi connectivity index (χ3n) is 2.85. The van der Waals surface area contributed by atoms with Crippen molar-refractivity contribution in [3.05, 3.63) is 0 Å². The number of aliphatic hydroxyl groups excluding tert-OH is 2. The summed E-state index contributed by atoms with van der Waals surface area (Å²) in [5.74, 6) is -4.12. The molecule has 1 aliphatic rings. The second-order valence-electron chi connectivity index (χ2n) is 4.33. The van der Waals surface area contributed by atoms with Crippen LogP contribution < -0.4 is 21.7 Å². The fourth-order valence-electron chi connectivity index (χ4n) is 1.54. The summed E-state index contributed by atoms with van der Waals surface area (Å²) in [5.41, 5.74) is 8.03. The molecule has 0 heterocycles. The van der Waals surface area contributed by atoms with Gasteiger partial charge >= 0.3 is 0 Å². The van der Waals surface area contributed by atoms with Crippen molar-refractivity contribution in [2.75, 3.05) is 0 Å². The van der Waals surface area contributed by atoms with E-state index in [1.165, 1.54) is 25.7 Å². The van der Waals surface area contributed by atoms with Crippen LogP contribution in [0.3, 0.4) is 0 Å². The summed E-state index contributed by atoms with van der Waals surface area (Å²) in [7, 11) is 0. The predicted octanol–water partition coefficient (Wildman–Crippen LogP) is -6.01. The maximum Gasteiger partial charge on any atom is 0.137 e. The van der Waals surface area contributed by atoms with Crippen LogP contribution >= 0.6 is 0 Å². The third kappa shape index (κ3) is 5.92. The summed E-state index contributed by atoms with van der Waals surface area (Å²) in [6.45, 7) is 0. The number of carboxylic acid groups (broad SMARTS) is 2. The molecule has 0 bridgehead atoms. The minimum atomic E-state index is -2.44. The smallest absolute Gasteiger partial charge is 0.137 e. The molecular weight excluding hydrogens is 244 g/mol. The minimum Gasteiger partial charge on any atom is -0.547 e. The Morgan fingerprint density at radius 1 is 0.944 bits per heavy atom. The molecule has 8 nitrogen and oxygen atoms in total. The zero-order valence-electron chi connectivity index (χ0n) is 10.1. The molecule has 8 N–H and O–H groups in total. The molecule has 0 radical (unpaired) electrons. The molecule has 0 aromatic carbocycles. The van der Waals surface area contributed by atoms with Gasteiger partial charge in [0, 0.05) is 12.8 Å². The van der Waals surface area contributed by atoms with E-state index < -0.39 is 24.1 Å². The van der Waals surface area contributed by atoms with E-state index in [0.717, 1.165) is 0 Å². The van der Waals surface area contributed by atoms with Crippen LogP contribution in [-0.2, 0) is 9.59 Å². The third-order valence-corrected chi connectivity index (χ3v) is 2.85. The van der Waals surface area contributed by atoms with Gasteiger partial charge in [-0.25, -0.2) is 0 Å². The second kappa shape index (κ2) is 7.98. The first-order valence-corrected chi connectivity index (χ1v) is 5.71. The zero-order chi connectivity index (χ0) is 14.3. The van der Waals surface area contributed by atoms with Crippen LogP contribution in [-0.4, -0.2) is 46.4 Å². The highest BCUT2D eigenvalue weighted by Gasteiger charge is 2.23. The maximum absolute atomic E-state index is 9.63. The predicted molar refractivity (Wildman–Crippen MR) is 53.8 cm³/mol. The molecule has 1 aliphatic carbocycles. The maximum atomic E-state index is 9.63. The molecule has 106 valence electrons. The van der Waals surface area contributed by atoms with Crippen LogP contribution in [0.1, 0.15) is 25.7 Å². The molecule has 8 heteroatoms. The van der Waals surface area contributed by atoms with E-state index in [1.54, 1.807) is 0 Å². The highest BCUT2D eigenvalue weighted by Crippen LogP contribution is 2.12. The van der Waals surface area contributed by atoms with Gasteiger partial charge in [0.1, 0.15) is 24.3 Å². The average Bonchev–Trinajstić information content (AvgIpc) is 2.31. The lowest BCUT2D eigenvalue weighted by atomic mass is 9.92. The van der Waals surface area contributed by atoms with E-state index in [-0.39, 0.29) is 0 Å². The number of quaternary nitrogens is 2. The Bertz CT molecular complexity index is 258. The first-order chi connectivity index (χ1) is 8.27. The first-order valence-electron chi connectivity index (χ1n) is 5.71. The van der Waals surface area contributed by atoms with Crippen molar-refractivity contribution in [1.29, 1.82) is 0 Å². The number of carbonyl (C=O) groups excluding carboxylic acids is 2. The lowest BCUT2D eigenvalue weighted by Gasteiger charge is -2.18. The second-order valence-corrected chi connectivity index (χ2v) is 4.33. The number of hydrogen-bond acceptors (Lipinski definition) is 6. The standard InChI is InChI=1S/C6H14N2.C4H6O6/c7-5-3-1-2-4-6(5)8;5-1(3(7)8)2(6)4(9)10/h5-6H,1-4,7-8H2;1-2,5-6H,(H,7,8)(H,9,10). The molecular formula is C10H20N2O6. The van der Waals surface area contributed by atoms with Crippen molar-refractivity contribution in [2.45, 2.75) is 50.0 Å². The molecule has 0 amide bonds. The summed E-state index contributed by atoms with van der Waals surface area (Å²) >= 11 is 0. The first kappa shape index (κ1) is 16.8. The minimum absolute atomic E-state index is 0.642. The van der Waals surface area contributed by atoms with E-state index in [0.29, 0.717) is 12.1 Å². The lowest BCUT2D eigenvalue weighted by molar-refractivity contribution is -0.534. The van der Waals surface area contributed by atoms with Crippen molar-refractivity contribution in [3.63, 3.8) is 0 Å². The monoisotopic (exact) mass is 264 g/mol. The number of hydrogen-bond donors (Lipinski definition) is 4. The van der Waals surface area contributed by atoms with E-state index in [4.69, 9.17) is 10.2 Å². The summed E-state index contributed by atoms with van der Waals surface area (Å²) in [6, 6.07) is 1.28. The highest BCUT2D eigenvalue weighted by atomic mass is 16.4. The number of rotatable bonds is 3. The van der Waals surface area contributed by atoms with Crippen LogP contribution in [0.15, 0.2) is 0 Å². The summed E-state index contributed by atoms with van der Waals surface area (Å²) in [4.78, 5) is 19.3. The van der Waals surface area contributed by atoms with E-state index in [2.05, 4.69) is 11.5 Å². The molecule has 0 aliphatic heterocycles. The molecule has 0 spiro atoms. The van der Waals surface area contributed by atoms with Gasteiger partial charge < -0.3 is 41.5 Å². The quantitative estimate of drug-likeness (QED) is 0.394. The van der Waals surface area contributed by atoms with E-state index in [9.17, 15) is 19.8 Å². The van der Waals surface area contributed by atoms with Gasteiger partial charge in [0.05, 0.1) is 11.9 Å². The molecule has 1 rings (SSSR count). The largest absolute Gasteiger partial charge is 0.547 e. The molecule has 18 heavy (non-hydrogen) atoms. The summed E-state index contributed by atoms with van der Waals surface area (Å²) in [5, 5.41) is 35.7.